The smallest absolute Gasteiger partial charge is 0.337 e. The van der Waals surface area contributed by atoms with E-state index in [0.29, 0.717) is 23.5 Å². The number of nitrogens with one attached hydrogen (secondary N) is 1. The lowest BCUT2D eigenvalue weighted by Gasteiger charge is -2.22. The summed E-state index contributed by atoms with van der Waals surface area (Å²) < 4.78 is 0. The summed E-state index contributed by atoms with van der Waals surface area (Å²) in [6.45, 7) is 4.47. The van der Waals surface area contributed by atoms with Gasteiger partial charge in [-0.15, -0.1) is 0 Å². The Morgan fingerprint density at radius 3 is 2.84 bits per heavy atom. The Labute approximate surface area is 113 Å². The molecule has 1 saturated carbocycles. The van der Waals surface area contributed by atoms with Gasteiger partial charge >= 0.3 is 5.97 Å². The number of nitrogens with two attached hydrogens (primary N) is 1. The topological polar surface area (TPSA) is 88.2 Å². The number of carboxylic acid groups (broad SMARTS) is 1. The van der Waals surface area contributed by atoms with Gasteiger partial charge in [-0.1, -0.05) is 20.3 Å². The fourth-order valence-corrected chi connectivity index (χ4v) is 2.92. The number of hydrogen-bond acceptors (Lipinski definition) is 4. The second kappa shape index (κ2) is 5.47. The summed E-state index contributed by atoms with van der Waals surface area (Å²) in [5.41, 5.74) is 6.38. The first-order chi connectivity index (χ1) is 9.02. The first kappa shape index (κ1) is 13.6. The maximum atomic E-state index is 10.8. The van der Waals surface area contributed by atoms with Gasteiger partial charge in [-0.05, 0) is 30.7 Å². The van der Waals surface area contributed by atoms with E-state index in [9.17, 15) is 4.79 Å². The largest absolute Gasteiger partial charge is 0.478 e. The number of aromatic carboxylic acids is 1. The zero-order valence-electron chi connectivity index (χ0n) is 11.4. The maximum Gasteiger partial charge on any atom is 0.337 e. The lowest BCUT2D eigenvalue weighted by atomic mass is 9.93. The first-order valence-corrected chi connectivity index (χ1v) is 6.78. The molecule has 0 aromatic carbocycles. The second-order valence-electron chi connectivity index (χ2n) is 5.32. The van der Waals surface area contributed by atoms with E-state index in [4.69, 9.17) is 10.8 Å². The quantitative estimate of drug-likeness (QED) is 0.777. The van der Waals surface area contributed by atoms with Crippen molar-refractivity contribution in [2.75, 3.05) is 11.1 Å². The van der Waals surface area contributed by atoms with Crippen LogP contribution in [0.5, 0.6) is 0 Å². The molecule has 0 saturated heterocycles. The minimum Gasteiger partial charge on any atom is -0.478 e. The molecule has 3 unspecified atom stereocenters. The Hall–Kier alpha value is -1.78. The van der Waals surface area contributed by atoms with Crippen LogP contribution >= 0.6 is 0 Å². The van der Waals surface area contributed by atoms with Crippen LogP contribution in [-0.4, -0.2) is 22.1 Å². The highest BCUT2D eigenvalue weighted by Gasteiger charge is 2.31. The minimum absolute atomic E-state index is 0.119. The highest BCUT2D eigenvalue weighted by molar-refractivity contribution is 5.89. The van der Waals surface area contributed by atoms with Gasteiger partial charge in [0.25, 0.3) is 0 Å². The fourth-order valence-electron chi connectivity index (χ4n) is 2.92. The molecule has 1 aromatic heterocycles. The van der Waals surface area contributed by atoms with E-state index in [-0.39, 0.29) is 5.56 Å². The number of carbonyl (C=O) groups is 1. The van der Waals surface area contributed by atoms with E-state index in [1.54, 1.807) is 0 Å². The summed E-state index contributed by atoms with van der Waals surface area (Å²) in [4.78, 5) is 15.0. The van der Waals surface area contributed by atoms with Crippen LogP contribution in [0.4, 0.5) is 11.5 Å². The molecule has 5 heteroatoms. The van der Waals surface area contributed by atoms with E-state index >= 15 is 0 Å². The summed E-state index contributed by atoms with van der Waals surface area (Å²) in [7, 11) is 0. The first-order valence-electron chi connectivity index (χ1n) is 6.78. The van der Waals surface area contributed by atoms with Gasteiger partial charge in [0.15, 0.2) is 0 Å². The Morgan fingerprint density at radius 2 is 2.32 bits per heavy atom. The predicted octanol–water partition coefficient (Wildman–Crippen LogP) is 2.60. The van der Waals surface area contributed by atoms with Gasteiger partial charge in [-0.25, -0.2) is 9.78 Å². The fraction of sp³-hybridized carbons (Fsp3) is 0.571. The summed E-state index contributed by atoms with van der Waals surface area (Å²) in [5, 5.41) is 12.2. The van der Waals surface area contributed by atoms with Crippen molar-refractivity contribution in [1.82, 2.24) is 4.98 Å². The molecule has 1 aromatic rings. The normalized spacial score (nSPS) is 26.3. The van der Waals surface area contributed by atoms with Crippen molar-refractivity contribution >= 4 is 17.5 Å². The third-order valence-electron chi connectivity index (χ3n) is 4.24. The van der Waals surface area contributed by atoms with Crippen molar-refractivity contribution in [3.8, 4) is 0 Å². The summed E-state index contributed by atoms with van der Waals surface area (Å²) in [5.74, 6) is 0.923. The third-order valence-corrected chi connectivity index (χ3v) is 4.24. The highest BCUT2D eigenvalue weighted by atomic mass is 16.4. The van der Waals surface area contributed by atoms with Crippen LogP contribution in [0.2, 0.25) is 0 Å². The zero-order chi connectivity index (χ0) is 14.0. The SMILES string of the molecule is CCC1CCC(Nc2ncc(C(=O)O)cc2N)C1C. The molecule has 0 radical (unpaired) electrons. The molecule has 1 fully saturated rings. The molecule has 2 rings (SSSR count). The molecule has 0 bridgehead atoms. The zero-order valence-corrected chi connectivity index (χ0v) is 11.4. The summed E-state index contributed by atoms with van der Waals surface area (Å²) in [6, 6.07) is 1.82. The van der Waals surface area contributed by atoms with E-state index in [2.05, 4.69) is 24.1 Å². The van der Waals surface area contributed by atoms with Crippen LogP contribution in [0, 0.1) is 11.8 Å². The van der Waals surface area contributed by atoms with Crippen molar-refractivity contribution in [3.05, 3.63) is 17.8 Å². The van der Waals surface area contributed by atoms with Gasteiger partial charge in [-0.2, -0.15) is 0 Å². The number of carboxylic acids is 1. The van der Waals surface area contributed by atoms with Crippen molar-refractivity contribution in [3.63, 3.8) is 0 Å². The predicted molar refractivity (Wildman–Crippen MR) is 75.2 cm³/mol. The van der Waals surface area contributed by atoms with E-state index in [0.717, 1.165) is 12.3 Å². The number of pyridine rings is 1. The average Bonchev–Trinajstić information content (AvgIpc) is 2.72. The average molecular weight is 263 g/mol. The van der Waals surface area contributed by atoms with Crippen LogP contribution < -0.4 is 11.1 Å². The molecule has 1 aliphatic rings. The minimum atomic E-state index is -1.01. The lowest BCUT2D eigenvalue weighted by Crippen LogP contribution is -2.25. The van der Waals surface area contributed by atoms with Gasteiger partial charge in [-0.3, -0.25) is 0 Å². The molecule has 104 valence electrons. The van der Waals surface area contributed by atoms with Crippen molar-refractivity contribution in [1.29, 1.82) is 0 Å². The van der Waals surface area contributed by atoms with Crippen LogP contribution in [0.25, 0.3) is 0 Å². The molecule has 0 aliphatic heterocycles. The number of hydrogen-bond donors (Lipinski definition) is 3. The molecule has 0 spiro atoms. The number of nitrogens with zero attached hydrogens (tertiary/aromatic N) is 1. The van der Waals surface area contributed by atoms with Gasteiger partial charge in [0.05, 0.1) is 11.3 Å². The Morgan fingerprint density at radius 1 is 1.58 bits per heavy atom. The van der Waals surface area contributed by atoms with Gasteiger partial charge < -0.3 is 16.2 Å². The summed E-state index contributed by atoms with van der Waals surface area (Å²) in [6.07, 6.45) is 4.88. The van der Waals surface area contributed by atoms with Crippen LogP contribution in [0.15, 0.2) is 12.3 Å². The second-order valence-corrected chi connectivity index (χ2v) is 5.32. The monoisotopic (exact) mass is 263 g/mol. The Balaban J connectivity index is 2.10. The molecule has 5 nitrogen and oxygen atoms in total. The van der Waals surface area contributed by atoms with Crippen LogP contribution in [0.1, 0.15) is 43.5 Å². The van der Waals surface area contributed by atoms with Gasteiger partial charge in [0, 0.05) is 12.2 Å². The summed E-state index contributed by atoms with van der Waals surface area (Å²) >= 11 is 0. The van der Waals surface area contributed by atoms with Crippen molar-refractivity contribution in [2.45, 2.75) is 39.2 Å². The van der Waals surface area contributed by atoms with E-state index in [1.807, 2.05) is 0 Å². The molecule has 1 heterocycles. The van der Waals surface area contributed by atoms with Crippen molar-refractivity contribution in [2.24, 2.45) is 11.8 Å². The molecular formula is C14H21N3O2. The molecule has 3 atom stereocenters. The van der Waals surface area contributed by atoms with E-state index in [1.165, 1.54) is 25.1 Å². The van der Waals surface area contributed by atoms with Crippen molar-refractivity contribution < 1.29 is 9.90 Å². The molecule has 0 amide bonds. The standard InChI is InChI=1S/C14H21N3O2/c1-3-9-4-5-12(8(9)2)17-13-11(15)6-10(7-16-13)14(18)19/h6-9,12H,3-5,15H2,1-2H3,(H,16,17)(H,18,19). The number of aromatic nitrogens is 1. The van der Waals surface area contributed by atoms with Gasteiger partial charge in [0.2, 0.25) is 0 Å². The number of rotatable bonds is 4. The maximum absolute atomic E-state index is 10.8. The van der Waals surface area contributed by atoms with E-state index < -0.39 is 5.97 Å². The number of anilines is 2. The molecular weight excluding hydrogens is 242 g/mol. The van der Waals surface area contributed by atoms with Crippen LogP contribution in [0.3, 0.4) is 0 Å². The Bertz CT molecular complexity index is 476. The molecule has 19 heavy (non-hydrogen) atoms. The highest BCUT2D eigenvalue weighted by Crippen LogP contribution is 2.36. The van der Waals surface area contributed by atoms with Gasteiger partial charge in [0.1, 0.15) is 5.82 Å². The molecule has 4 N–H and O–H groups in total. The Kier molecular flexibility index (Phi) is 3.93. The molecule has 1 aliphatic carbocycles. The lowest BCUT2D eigenvalue weighted by molar-refractivity contribution is 0.0696. The number of nitrogen functional groups attached to an aromatic ring is 1. The third kappa shape index (κ3) is 2.80. The van der Waals surface area contributed by atoms with Crippen LogP contribution in [-0.2, 0) is 0 Å².